The van der Waals surface area contributed by atoms with E-state index in [9.17, 15) is 0 Å². The van der Waals surface area contributed by atoms with Crippen molar-refractivity contribution in [1.29, 1.82) is 0 Å². The van der Waals surface area contributed by atoms with Gasteiger partial charge in [-0.2, -0.15) is 0 Å². The van der Waals surface area contributed by atoms with Gasteiger partial charge in [-0.25, -0.2) is 0 Å². The first-order valence-electron chi connectivity index (χ1n) is 6.68. The van der Waals surface area contributed by atoms with E-state index in [0.29, 0.717) is 45.6 Å². The van der Waals surface area contributed by atoms with E-state index in [2.05, 4.69) is 36.4 Å². The minimum absolute atomic E-state index is 0.624. The van der Waals surface area contributed by atoms with Crippen molar-refractivity contribution in [2.45, 2.75) is 20.3 Å². The van der Waals surface area contributed by atoms with Crippen molar-refractivity contribution < 1.29 is 18.9 Å². The average Bonchev–Trinajstić information content (AvgIpc) is 2.39. The molecule has 0 aliphatic rings. The molecule has 1 atom stereocenters. The number of halogens is 1. The molecular formula is C13H27IO4. The first-order valence-corrected chi connectivity index (χ1v) is 8.20. The summed E-state index contributed by atoms with van der Waals surface area (Å²) in [7, 11) is 0. The summed E-state index contributed by atoms with van der Waals surface area (Å²) in [5, 5.41) is 0. The van der Waals surface area contributed by atoms with Crippen LogP contribution in [0, 0.1) is 5.92 Å². The average molecular weight is 374 g/mol. The second-order valence-corrected chi connectivity index (χ2v) is 5.19. The lowest BCUT2D eigenvalue weighted by molar-refractivity contribution is -0.00388. The Bertz CT molecular complexity index is 158. The Balaban J connectivity index is 2.94. The molecule has 1 unspecified atom stereocenters. The van der Waals surface area contributed by atoms with Gasteiger partial charge in [0.2, 0.25) is 0 Å². The Morgan fingerprint density at radius 1 is 0.778 bits per heavy atom. The topological polar surface area (TPSA) is 36.9 Å². The third-order valence-electron chi connectivity index (χ3n) is 2.44. The summed E-state index contributed by atoms with van der Waals surface area (Å²) < 4.78 is 22.5. The molecular weight excluding hydrogens is 347 g/mol. The second kappa shape index (κ2) is 15.6. The molecule has 0 aliphatic carbocycles. The fourth-order valence-electron chi connectivity index (χ4n) is 1.12. The maximum absolute atomic E-state index is 5.47. The van der Waals surface area contributed by atoms with Crippen LogP contribution in [0.4, 0.5) is 0 Å². The quantitative estimate of drug-likeness (QED) is 0.266. The van der Waals surface area contributed by atoms with Crippen LogP contribution in [0.15, 0.2) is 0 Å². The summed E-state index contributed by atoms with van der Waals surface area (Å²) in [6.45, 7) is 9.86. The van der Waals surface area contributed by atoms with Crippen LogP contribution in [0.1, 0.15) is 20.3 Å². The van der Waals surface area contributed by atoms with E-state index >= 15 is 0 Å². The summed E-state index contributed by atoms with van der Waals surface area (Å²) in [4.78, 5) is 0. The van der Waals surface area contributed by atoms with Gasteiger partial charge in [0, 0.05) is 11.0 Å². The van der Waals surface area contributed by atoms with Crippen molar-refractivity contribution in [3.63, 3.8) is 0 Å². The molecule has 0 saturated carbocycles. The summed E-state index contributed by atoms with van der Waals surface area (Å²) >= 11 is 2.29. The fraction of sp³-hybridized carbons (Fsp3) is 1.00. The lowest BCUT2D eigenvalue weighted by atomic mass is 10.1. The molecule has 5 heteroatoms. The smallest absolute Gasteiger partial charge is 0.0701 e. The van der Waals surface area contributed by atoms with Crippen LogP contribution in [-0.4, -0.2) is 57.3 Å². The van der Waals surface area contributed by atoms with Crippen LogP contribution < -0.4 is 0 Å². The second-order valence-electron chi connectivity index (χ2n) is 4.11. The lowest BCUT2D eigenvalue weighted by Gasteiger charge is -2.09. The van der Waals surface area contributed by atoms with E-state index in [1.807, 2.05) is 0 Å². The predicted octanol–water partition coefficient (Wildman–Crippen LogP) is 2.53. The largest absolute Gasteiger partial charge is 0.379 e. The van der Waals surface area contributed by atoms with Crippen molar-refractivity contribution in [1.82, 2.24) is 0 Å². The Hall–Kier alpha value is 0.570. The van der Waals surface area contributed by atoms with Crippen molar-refractivity contribution in [3.8, 4) is 0 Å². The van der Waals surface area contributed by atoms with Crippen LogP contribution in [0.3, 0.4) is 0 Å². The fourth-order valence-corrected chi connectivity index (χ4v) is 1.43. The van der Waals surface area contributed by atoms with Crippen molar-refractivity contribution in [3.05, 3.63) is 0 Å². The standard InChI is InChI=1S/C13H27IO4/c1-3-13(2)12-18-11-10-17-9-8-16-7-6-15-5-4-14/h13H,3-12H2,1-2H3. The molecule has 0 aromatic rings. The van der Waals surface area contributed by atoms with Gasteiger partial charge in [0.05, 0.1) is 46.2 Å². The number of alkyl halides is 1. The summed E-state index contributed by atoms with van der Waals surface area (Å²) in [6.07, 6.45) is 1.16. The zero-order valence-corrected chi connectivity index (χ0v) is 13.8. The number of hydrogen-bond donors (Lipinski definition) is 0. The van der Waals surface area contributed by atoms with Gasteiger partial charge in [-0.05, 0) is 5.92 Å². The molecule has 0 radical (unpaired) electrons. The van der Waals surface area contributed by atoms with Gasteiger partial charge in [0.1, 0.15) is 0 Å². The summed E-state index contributed by atoms with van der Waals surface area (Å²) in [5.41, 5.74) is 0. The van der Waals surface area contributed by atoms with E-state index in [0.717, 1.165) is 24.1 Å². The maximum atomic E-state index is 5.47. The van der Waals surface area contributed by atoms with Crippen molar-refractivity contribution >= 4 is 22.6 Å². The third-order valence-corrected chi connectivity index (χ3v) is 2.88. The molecule has 110 valence electrons. The number of ether oxygens (including phenoxy) is 4. The molecule has 0 N–H and O–H groups in total. The Labute approximate surface area is 125 Å². The Morgan fingerprint density at radius 3 is 1.67 bits per heavy atom. The SMILES string of the molecule is CCC(C)COCCOCCOCCOCCI. The zero-order valence-electron chi connectivity index (χ0n) is 11.7. The van der Waals surface area contributed by atoms with E-state index in [1.54, 1.807) is 0 Å². The molecule has 0 bridgehead atoms. The minimum atomic E-state index is 0.624. The van der Waals surface area contributed by atoms with Gasteiger partial charge in [0.15, 0.2) is 0 Å². The highest BCUT2D eigenvalue weighted by molar-refractivity contribution is 14.1. The van der Waals surface area contributed by atoms with Gasteiger partial charge >= 0.3 is 0 Å². The minimum Gasteiger partial charge on any atom is -0.379 e. The molecule has 0 saturated heterocycles. The van der Waals surface area contributed by atoms with Crippen LogP contribution >= 0.6 is 22.6 Å². The van der Waals surface area contributed by atoms with Gasteiger partial charge in [-0.1, -0.05) is 42.9 Å². The molecule has 0 rings (SSSR count). The van der Waals surface area contributed by atoms with Crippen molar-refractivity contribution in [2.24, 2.45) is 5.92 Å². The molecule has 0 heterocycles. The predicted molar refractivity (Wildman–Crippen MR) is 81.6 cm³/mol. The molecule has 18 heavy (non-hydrogen) atoms. The summed E-state index contributed by atoms with van der Waals surface area (Å²) in [6, 6.07) is 0. The number of rotatable bonds is 14. The van der Waals surface area contributed by atoms with Gasteiger partial charge < -0.3 is 18.9 Å². The highest BCUT2D eigenvalue weighted by Crippen LogP contribution is 1.99. The van der Waals surface area contributed by atoms with E-state index < -0.39 is 0 Å². The molecule has 0 aromatic heterocycles. The van der Waals surface area contributed by atoms with Crippen LogP contribution in [0.5, 0.6) is 0 Å². The molecule has 4 nitrogen and oxygen atoms in total. The first kappa shape index (κ1) is 18.6. The number of hydrogen-bond acceptors (Lipinski definition) is 4. The molecule has 0 aliphatic heterocycles. The van der Waals surface area contributed by atoms with E-state index in [4.69, 9.17) is 18.9 Å². The Kier molecular flexibility index (Phi) is 16.1. The van der Waals surface area contributed by atoms with Crippen molar-refractivity contribution in [2.75, 3.05) is 57.3 Å². The highest BCUT2D eigenvalue weighted by Gasteiger charge is 1.97. The van der Waals surface area contributed by atoms with Crippen LogP contribution in [-0.2, 0) is 18.9 Å². The molecule has 0 amide bonds. The normalized spacial score (nSPS) is 12.8. The van der Waals surface area contributed by atoms with Gasteiger partial charge in [-0.15, -0.1) is 0 Å². The third kappa shape index (κ3) is 14.6. The molecule has 0 fully saturated rings. The maximum Gasteiger partial charge on any atom is 0.0701 e. The molecule has 0 aromatic carbocycles. The first-order chi connectivity index (χ1) is 8.81. The zero-order chi connectivity index (χ0) is 13.5. The lowest BCUT2D eigenvalue weighted by Crippen LogP contribution is -2.13. The Morgan fingerprint density at radius 2 is 1.22 bits per heavy atom. The van der Waals surface area contributed by atoms with E-state index in [1.165, 1.54) is 0 Å². The van der Waals surface area contributed by atoms with E-state index in [-0.39, 0.29) is 0 Å². The van der Waals surface area contributed by atoms with Crippen LogP contribution in [0.25, 0.3) is 0 Å². The van der Waals surface area contributed by atoms with Gasteiger partial charge in [-0.3, -0.25) is 0 Å². The molecule has 0 spiro atoms. The highest BCUT2D eigenvalue weighted by atomic mass is 127. The van der Waals surface area contributed by atoms with Gasteiger partial charge in [0.25, 0.3) is 0 Å². The monoisotopic (exact) mass is 374 g/mol. The summed E-state index contributed by atoms with van der Waals surface area (Å²) in [5.74, 6) is 0.635. The van der Waals surface area contributed by atoms with Crippen LogP contribution in [0.2, 0.25) is 0 Å².